The van der Waals surface area contributed by atoms with Gasteiger partial charge < -0.3 is 4.90 Å². The van der Waals surface area contributed by atoms with Crippen LogP contribution >= 0.6 is 12.6 Å². The normalized spacial score (nSPS) is 13.4. The highest BCUT2D eigenvalue weighted by atomic mass is 32.1. The molecule has 0 amide bonds. The first kappa shape index (κ1) is 14.5. The Morgan fingerprint density at radius 1 is 1.35 bits per heavy atom. The summed E-state index contributed by atoms with van der Waals surface area (Å²) in [6, 6.07) is 6.80. The second-order valence-electron chi connectivity index (χ2n) is 5.01. The van der Waals surface area contributed by atoms with E-state index in [2.05, 4.69) is 38.4 Å². The quantitative estimate of drug-likeness (QED) is 0.762. The van der Waals surface area contributed by atoms with Gasteiger partial charge in [-0.15, -0.1) is 0 Å². The number of rotatable bonds is 6. The first-order chi connectivity index (χ1) is 8.02. The maximum absolute atomic E-state index is 13.0. The van der Waals surface area contributed by atoms with Crippen LogP contribution in [0.3, 0.4) is 0 Å². The average molecular weight is 255 g/mol. The number of benzene rings is 1. The van der Waals surface area contributed by atoms with Gasteiger partial charge in [-0.25, -0.2) is 4.39 Å². The summed E-state index contributed by atoms with van der Waals surface area (Å²) in [7, 11) is 2.07. The zero-order valence-corrected chi connectivity index (χ0v) is 11.8. The van der Waals surface area contributed by atoms with Crippen molar-refractivity contribution in [3.8, 4) is 0 Å². The largest absolute Gasteiger partial charge is 0.302 e. The fourth-order valence-corrected chi connectivity index (χ4v) is 2.43. The fourth-order valence-electron chi connectivity index (χ4n) is 1.89. The highest BCUT2D eigenvalue weighted by Gasteiger charge is 2.14. The summed E-state index contributed by atoms with van der Waals surface area (Å²) in [5, 5.41) is 0. The lowest BCUT2D eigenvalue weighted by molar-refractivity contribution is 0.246. The van der Waals surface area contributed by atoms with Gasteiger partial charge in [0.2, 0.25) is 0 Å². The zero-order chi connectivity index (χ0) is 12.8. The maximum atomic E-state index is 13.0. The summed E-state index contributed by atoms with van der Waals surface area (Å²) < 4.78 is 13.0. The minimum atomic E-state index is -0.162. The van der Waals surface area contributed by atoms with Crippen LogP contribution in [0.4, 0.5) is 4.39 Å². The summed E-state index contributed by atoms with van der Waals surface area (Å²) in [6.45, 7) is 6.22. The summed E-state index contributed by atoms with van der Waals surface area (Å²) in [5.41, 5.74) is 1.02. The van der Waals surface area contributed by atoms with E-state index < -0.39 is 0 Å². The van der Waals surface area contributed by atoms with Crippen molar-refractivity contribution in [3.05, 3.63) is 35.6 Å². The summed E-state index contributed by atoms with van der Waals surface area (Å²) in [4.78, 5) is 2.23. The molecular formula is C14H22FNS. The molecule has 0 spiro atoms. The van der Waals surface area contributed by atoms with E-state index in [1.807, 2.05) is 6.07 Å². The lowest BCUT2D eigenvalue weighted by Crippen LogP contribution is -2.29. The van der Waals surface area contributed by atoms with Gasteiger partial charge in [0.05, 0.1) is 0 Å². The van der Waals surface area contributed by atoms with Gasteiger partial charge in [0.25, 0.3) is 0 Å². The highest BCUT2D eigenvalue weighted by molar-refractivity contribution is 7.80. The van der Waals surface area contributed by atoms with Crippen LogP contribution < -0.4 is 0 Å². The third kappa shape index (κ3) is 5.09. The third-order valence-electron chi connectivity index (χ3n) is 3.07. The van der Waals surface area contributed by atoms with Crippen molar-refractivity contribution in [2.45, 2.75) is 20.4 Å². The summed E-state index contributed by atoms with van der Waals surface area (Å²) >= 11 is 4.39. The van der Waals surface area contributed by atoms with E-state index in [1.54, 1.807) is 12.1 Å². The Balaban J connectivity index is 2.51. The van der Waals surface area contributed by atoms with Crippen LogP contribution in [0, 0.1) is 17.7 Å². The molecule has 1 rings (SSSR count). The fraction of sp³-hybridized carbons (Fsp3) is 0.571. The molecule has 0 saturated heterocycles. The van der Waals surface area contributed by atoms with Crippen LogP contribution in [-0.4, -0.2) is 24.2 Å². The van der Waals surface area contributed by atoms with Crippen LogP contribution in [0.5, 0.6) is 0 Å². The maximum Gasteiger partial charge on any atom is 0.123 e. The van der Waals surface area contributed by atoms with Gasteiger partial charge in [-0.05, 0) is 42.3 Å². The van der Waals surface area contributed by atoms with Gasteiger partial charge in [0.1, 0.15) is 5.82 Å². The molecule has 0 aromatic heterocycles. The summed E-state index contributed by atoms with van der Waals surface area (Å²) in [6.07, 6.45) is 0. The molecule has 1 unspecified atom stereocenters. The molecule has 3 heteroatoms. The SMILES string of the molecule is CC(C)C(CS)CN(C)Cc1cccc(F)c1. The topological polar surface area (TPSA) is 3.24 Å². The molecule has 0 saturated carbocycles. The van der Waals surface area contributed by atoms with Crippen LogP contribution in [0.25, 0.3) is 0 Å². The van der Waals surface area contributed by atoms with Crippen LogP contribution in [-0.2, 0) is 6.54 Å². The van der Waals surface area contributed by atoms with Gasteiger partial charge in [-0.2, -0.15) is 12.6 Å². The van der Waals surface area contributed by atoms with Crippen molar-refractivity contribution >= 4 is 12.6 Å². The average Bonchev–Trinajstić information content (AvgIpc) is 2.25. The molecule has 1 atom stereocenters. The van der Waals surface area contributed by atoms with E-state index in [-0.39, 0.29) is 5.82 Å². The number of nitrogens with zero attached hydrogens (tertiary/aromatic N) is 1. The molecule has 0 aliphatic carbocycles. The highest BCUT2D eigenvalue weighted by Crippen LogP contribution is 2.15. The van der Waals surface area contributed by atoms with Crippen LogP contribution in [0.2, 0.25) is 0 Å². The third-order valence-corrected chi connectivity index (χ3v) is 3.53. The molecule has 0 N–H and O–H groups in total. The predicted molar refractivity (Wildman–Crippen MR) is 74.9 cm³/mol. The second kappa shape index (κ2) is 7.02. The second-order valence-corrected chi connectivity index (χ2v) is 5.38. The first-order valence-corrected chi connectivity index (χ1v) is 6.70. The van der Waals surface area contributed by atoms with Gasteiger partial charge in [0.15, 0.2) is 0 Å². The Morgan fingerprint density at radius 3 is 2.59 bits per heavy atom. The first-order valence-electron chi connectivity index (χ1n) is 6.06. The van der Waals surface area contributed by atoms with Gasteiger partial charge in [-0.3, -0.25) is 0 Å². The number of hydrogen-bond donors (Lipinski definition) is 1. The molecule has 0 bridgehead atoms. The molecule has 0 aliphatic heterocycles. The van der Waals surface area contributed by atoms with E-state index in [9.17, 15) is 4.39 Å². The molecule has 0 aliphatic rings. The Kier molecular flexibility index (Phi) is 6.00. The predicted octanol–water partition coefficient (Wildman–Crippen LogP) is 3.46. The Bertz CT molecular complexity index is 341. The molecule has 0 heterocycles. The van der Waals surface area contributed by atoms with E-state index in [4.69, 9.17) is 0 Å². The molecule has 96 valence electrons. The van der Waals surface area contributed by atoms with Gasteiger partial charge in [-0.1, -0.05) is 26.0 Å². The standard InChI is InChI=1S/C14H22FNS/c1-11(2)13(10-17)9-16(3)8-12-5-4-6-14(15)7-12/h4-7,11,13,17H,8-10H2,1-3H3. The molecule has 1 nitrogen and oxygen atoms in total. The lowest BCUT2D eigenvalue weighted by Gasteiger charge is -2.25. The Morgan fingerprint density at radius 2 is 2.06 bits per heavy atom. The van der Waals surface area contributed by atoms with E-state index in [0.29, 0.717) is 11.8 Å². The molecule has 1 aromatic carbocycles. The van der Waals surface area contributed by atoms with Crippen molar-refractivity contribution in [2.24, 2.45) is 11.8 Å². The minimum Gasteiger partial charge on any atom is -0.302 e. The minimum absolute atomic E-state index is 0.162. The van der Waals surface area contributed by atoms with Crippen LogP contribution in [0.15, 0.2) is 24.3 Å². The van der Waals surface area contributed by atoms with E-state index in [1.165, 1.54) is 6.07 Å². The molecule has 0 fully saturated rings. The van der Waals surface area contributed by atoms with E-state index >= 15 is 0 Å². The number of thiol groups is 1. The molecular weight excluding hydrogens is 233 g/mol. The monoisotopic (exact) mass is 255 g/mol. The zero-order valence-electron chi connectivity index (χ0n) is 10.9. The lowest BCUT2D eigenvalue weighted by atomic mass is 9.97. The Hall–Kier alpha value is -0.540. The molecule has 17 heavy (non-hydrogen) atoms. The number of hydrogen-bond acceptors (Lipinski definition) is 2. The van der Waals surface area contributed by atoms with Gasteiger partial charge in [0, 0.05) is 13.1 Å². The van der Waals surface area contributed by atoms with Crippen molar-refractivity contribution in [1.82, 2.24) is 4.90 Å². The smallest absolute Gasteiger partial charge is 0.123 e. The Labute approximate surface area is 109 Å². The van der Waals surface area contributed by atoms with Crippen molar-refractivity contribution in [1.29, 1.82) is 0 Å². The number of halogens is 1. The van der Waals surface area contributed by atoms with Crippen molar-refractivity contribution in [3.63, 3.8) is 0 Å². The van der Waals surface area contributed by atoms with Crippen molar-refractivity contribution < 1.29 is 4.39 Å². The van der Waals surface area contributed by atoms with Crippen LogP contribution in [0.1, 0.15) is 19.4 Å². The molecule has 0 radical (unpaired) electrons. The summed E-state index contributed by atoms with van der Waals surface area (Å²) in [5.74, 6) is 1.94. The van der Waals surface area contributed by atoms with E-state index in [0.717, 1.165) is 24.4 Å². The van der Waals surface area contributed by atoms with Gasteiger partial charge >= 0.3 is 0 Å². The molecule has 1 aromatic rings. The van der Waals surface area contributed by atoms with Crippen molar-refractivity contribution in [2.75, 3.05) is 19.3 Å².